The van der Waals surface area contributed by atoms with Crippen LogP contribution in [0.3, 0.4) is 0 Å². The third-order valence-electron chi connectivity index (χ3n) is 4.07. The Morgan fingerprint density at radius 3 is 1.70 bits per heavy atom. The van der Waals surface area contributed by atoms with Crippen molar-refractivity contribution in [2.45, 2.75) is 5.54 Å². The minimum atomic E-state index is -3.84. The Labute approximate surface area is 158 Å². The molecule has 0 radical (unpaired) electrons. The van der Waals surface area contributed by atoms with Crippen molar-refractivity contribution in [1.82, 2.24) is 15.1 Å². The fourth-order valence-corrected chi connectivity index (χ4v) is 2.69. The van der Waals surface area contributed by atoms with Crippen LogP contribution in [0.15, 0.2) is 0 Å². The van der Waals surface area contributed by atoms with Crippen LogP contribution in [0.4, 0.5) is 0 Å². The SMILES string of the molecule is O=C(O)CNC(CO)(CO)CO.O=S(=O)(O)CCN1CCN(CCO)CC1. The predicted octanol–water partition coefficient (Wildman–Crippen LogP) is -4.14. The summed E-state index contributed by atoms with van der Waals surface area (Å²) < 4.78 is 29.6. The highest BCUT2D eigenvalue weighted by atomic mass is 32.2. The van der Waals surface area contributed by atoms with Gasteiger partial charge in [-0.15, -0.1) is 0 Å². The van der Waals surface area contributed by atoms with Gasteiger partial charge in [0.1, 0.15) is 0 Å². The lowest BCUT2D eigenvalue weighted by molar-refractivity contribution is -0.136. The van der Waals surface area contributed by atoms with Crippen molar-refractivity contribution in [2.24, 2.45) is 0 Å². The number of aliphatic carboxylic acids is 1. The van der Waals surface area contributed by atoms with Gasteiger partial charge in [-0.3, -0.25) is 24.5 Å². The van der Waals surface area contributed by atoms with Gasteiger partial charge in [-0.2, -0.15) is 8.42 Å². The van der Waals surface area contributed by atoms with E-state index >= 15 is 0 Å². The minimum absolute atomic E-state index is 0.158. The van der Waals surface area contributed by atoms with E-state index in [0.717, 1.165) is 26.2 Å². The number of β-amino-alcohol motifs (C(OH)–C–C–N with tert-alkyl or cyclic N) is 1. The van der Waals surface area contributed by atoms with Crippen LogP contribution in [-0.4, -0.2) is 138 Å². The lowest BCUT2D eigenvalue weighted by atomic mass is 10.0. The van der Waals surface area contributed by atoms with Crippen molar-refractivity contribution in [3.63, 3.8) is 0 Å². The van der Waals surface area contributed by atoms with E-state index in [1.54, 1.807) is 0 Å². The first-order valence-electron chi connectivity index (χ1n) is 8.41. The van der Waals surface area contributed by atoms with Crippen molar-refractivity contribution < 1.29 is 43.3 Å². The Hall–Kier alpha value is -0.900. The molecule has 13 heteroatoms. The van der Waals surface area contributed by atoms with Crippen LogP contribution in [0.1, 0.15) is 0 Å². The standard InChI is InChI=1S/C8H18N2O4S.C6H13NO5/c11-7-5-9-1-3-10(4-2-9)6-8-15(12,13)14;8-2-6(3-9,4-10)7-1-5(11)12/h11H,1-8H2,(H,12,13,14);7-10H,1-4H2,(H,11,12). The zero-order valence-electron chi connectivity index (χ0n) is 15.2. The monoisotopic (exact) mass is 417 g/mol. The molecule has 0 aromatic heterocycles. The largest absolute Gasteiger partial charge is 0.480 e. The number of rotatable bonds is 11. The summed E-state index contributed by atoms with van der Waals surface area (Å²) in [6.45, 7) is 2.49. The van der Waals surface area contributed by atoms with Gasteiger partial charge >= 0.3 is 5.97 Å². The molecule has 0 aromatic carbocycles. The van der Waals surface area contributed by atoms with Gasteiger partial charge in [-0.25, -0.2) is 0 Å². The molecule has 162 valence electrons. The van der Waals surface area contributed by atoms with E-state index in [-0.39, 0.29) is 12.4 Å². The highest BCUT2D eigenvalue weighted by Gasteiger charge is 2.27. The molecule has 1 rings (SSSR count). The molecule has 1 fully saturated rings. The second-order valence-corrected chi connectivity index (χ2v) is 7.77. The number of hydrogen-bond donors (Lipinski definition) is 7. The van der Waals surface area contributed by atoms with E-state index in [0.29, 0.717) is 13.1 Å². The normalized spacial score (nSPS) is 16.6. The van der Waals surface area contributed by atoms with Gasteiger partial charge < -0.3 is 25.5 Å². The fraction of sp³-hybridized carbons (Fsp3) is 0.929. The third kappa shape index (κ3) is 12.2. The van der Waals surface area contributed by atoms with E-state index in [1.165, 1.54) is 0 Å². The molecule has 1 aliphatic rings. The van der Waals surface area contributed by atoms with Crippen LogP contribution in [-0.2, 0) is 14.9 Å². The molecule has 0 spiro atoms. The number of carboxylic acid groups (broad SMARTS) is 1. The third-order valence-corrected chi connectivity index (χ3v) is 4.77. The number of carbonyl (C=O) groups is 1. The molecule has 12 nitrogen and oxygen atoms in total. The van der Waals surface area contributed by atoms with E-state index in [1.807, 2.05) is 4.90 Å². The molecule has 0 aromatic rings. The maximum atomic E-state index is 10.5. The molecule has 0 amide bonds. The summed E-state index contributed by atoms with van der Waals surface area (Å²) >= 11 is 0. The number of aliphatic hydroxyl groups is 4. The molecule has 0 aliphatic carbocycles. The first-order chi connectivity index (χ1) is 12.6. The molecule has 0 saturated carbocycles. The lowest BCUT2D eigenvalue weighted by Crippen LogP contribution is -2.56. The number of nitrogens with one attached hydrogen (secondary N) is 1. The molecular weight excluding hydrogens is 386 g/mol. The van der Waals surface area contributed by atoms with Crippen molar-refractivity contribution in [1.29, 1.82) is 0 Å². The molecule has 0 bridgehead atoms. The van der Waals surface area contributed by atoms with Gasteiger partial charge in [-0.1, -0.05) is 0 Å². The number of hydrogen-bond acceptors (Lipinski definition) is 10. The Morgan fingerprint density at radius 1 is 0.926 bits per heavy atom. The summed E-state index contributed by atoms with van der Waals surface area (Å²) in [6.07, 6.45) is 0. The molecular formula is C14H31N3O9S. The molecule has 0 unspecified atom stereocenters. The topological polar surface area (TPSA) is 191 Å². The van der Waals surface area contributed by atoms with Crippen molar-refractivity contribution in [3.05, 3.63) is 0 Å². The maximum absolute atomic E-state index is 10.5. The zero-order valence-corrected chi connectivity index (χ0v) is 16.0. The number of piperazine rings is 1. The fourth-order valence-electron chi connectivity index (χ4n) is 2.20. The Bertz CT molecular complexity index is 498. The smallest absolute Gasteiger partial charge is 0.317 e. The van der Waals surface area contributed by atoms with E-state index in [4.69, 9.17) is 30.1 Å². The quantitative estimate of drug-likeness (QED) is 0.161. The maximum Gasteiger partial charge on any atom is 0.317 e. The Kier molecular flexibility index (Phi) is 12.9. The second kappa shape index (κ2) is 13.3. The number of aliphatic hydroxyl groups excluding tert-OH is 4. The summed E-state index contributed by atoms with van der Waals surface area (Å²) in [5, 5.41) is 45.5. The first kappa shape index (κ1) is 26.1. The first-order valence-corrected chi connectivity index (χ1v) is 10.0. The summed E-state index contributed by atoms with van der Waals surface area (Å²) in [7, 11) is -3.84. The van der Waals surface area contributed by atoms with Crippen molar-refractivity contribution in [3.8, 4) is 0 Å². The molecule has 0 atom stereocenters. The van der Waals surface area contributed by atoms with Crippen LogP contribution in [0.25, 0.3) is 0 Å². The molecule has 1 aliphatic heterocycles. The molecule has 1 saturated heterocycles. The van der Waals surface area contributed by atoms with E-state index < -0.39 is 48.0 Å². The van der Waals surface area contributed by atoms with E-state index in [9.17, 15) is 13.2 Å². The van der Waals surface area contributed by atoms with E-state index in [2.05, 4.69) is 10.2 Å². The van der Waals surface area contributed by atoms with Crippen molar-refractivity contribution >= 4 is 16.1 Å². The lowest BCUT2D eigenvalue weighted by Gasteiger charge is -2.33. The van der Waals surface area contributed by atoms with Crippen molar-refractivity contribution in [2.75, 3.05) is 78.0 Å². The van der Waals surface area contributed by atoms with Gasteiger partial charge in [0.05, 0.1) is 44.3 Å². The van der Waals surface area contributed by atoms with Crippen LogP contribution in [0, 0.1) is 0 Å². The van der Waals surface area contributed by atoms with Gasteiger partial charge in [0.2, 0.25) is 0 Å². The van der Waals surface area contributed by atoms with Crippen LogP contribution >= 0.6 is 0 Å². The van der Waals surface area contributed by atoms with Gasteiger partial charge in [0.25, 0.3) is 10.1 Å². The van der Waals surface area contributed by atoms with Crippen LogP contribution in [0.2, 0.25) is 0 Å². The summed E-state index contributed by atoms with van der Waals surface area (Å²) in [5.41, 5.74) is -1.31. The average Bonchev–Trinajstić information content (AvgIpc) is 2.63. The number of carboxylic acids is 1. The Balaban J connectivity index is 0.000000516. The van der Waals surface area contributed by atoms with Gasteiger partial charge in [0.15, 0.2) is 0 Å². The van der Waals surface area contributed by atoms with Crippen LogP contribution in [0.5, 0.6) is 0 Å². The number of nitrogens with zero attached hydrogens (tertiary/aromatic N) is 2. The summed E-state index contributed by atoms with van der Waals surface area (Å²) in [4.78, 5) is 14.2. The second-order valence-electron chi connectivity index (χ2n) is 6.19. The minimum Gasteiger partial charge on any atom is -0.480 e. The Morgan fingerprint density at radius 2 is 1.37 bits per heavy atom. The molecule has 1 heterocycles. The van der Waals surface area contributed by atoms with Gasteiger partial charge in [0, 0.05) is 39.3 Å². The predicted molar refractivity (Wildman–Crippen MR) is 96.0 cm³/mol. The highest BCUT2D eigenvalue weighted by Crippen LogP contribution is 2.01. The van der Waals surface area contributed by atoms with Gasteiger partial charge in [-0.05, 0) is 0 Å². The summed E-state index contributed by atoms with van der Waals surface area (Å²) in [5.74, 6) is -1.32. The molecule has 27 heavy (non-hydrogen) atoms. The highest BCUT2D eigenvalue weighted by molar-refractivity contribution is 7.85. The average molecular weight is 417 g/mol. The molecule has 7 N–H and O–H groups in total. The van der Waals surface area contributed by atoms with Crippen LogP contribution < -0.4 is 5.32 Å². The zero-order chi connectivity index (χ0) is 20.9. The summed E-state index contributed by atoms with van der Waals surface area (Å²) in [6, 6.07) is 0.